The normalized spacial score (nSPS) is 12.1. The van der Waals surface area contributed by atoms with Crippen molar-refractivity contribution < 1.29 is 9.59 Å². The molecule has 20 heavy (non-hydrogen) atoms. The molecule has 1 rings (SSSR count). The minimum Gasteiger partial charge on any atom is -0.352 e. The summed E-state index contributed by atoms with van der Waals surface area (Å²) < 4.78 is 0. The summed E-state index contributed by atoms with van der Waals surface area (Å²) in [6, 6.07) is 6.35. The Morgan fingerprint density at radius 2 is 1.90 bits per heavy atom. The Kier molecular flexibility index (Phi) is 6.18. The Labute approximate surface area is 119 Å². The Morgan fingerprint density at radius 1 is 1.25 bits per heavy atom. The molecule has 0 fully saturated rings. The minimum atomic E-state index is -0.568. The second-order valence-electron chi connectivity index (χ2n) is 5.15. The van der Waals surface area contributed by atoms with Gasteiger partial charge in [-0.25, -0.2) is 0 Å². The van der Waals surface area contributed by atoms with Crippen LogP contribution in [0.2, 0.25) is 0 Å². The number of benzene rings is 1. The van der Waals surface area contributed by atoms with Crippen molar-refractivity contribution in [2.24, 2.45) is 11.7 Å². The molecule has 0 unspecified atom stereocenters. The largest absolute Gasteiger partial charge is 0.352 e. The van der Waals surface area contributed by atoms with Crippen LogP contribution in [0.3, 0.4) is 0 Å². The number of amides is 2. The van der Waals surface area contributed by atoms with E-state index in [0.29, 0.717) is 30.1 Å². The maximum absolute atomic E-state index is 12.1. The summed E-state index contributed by atoms with van der Waals surface area (Å²) in [6.07, 6.45) is 0.549. The van der Waals surface area contributed by atoms with Gasteiger partial charge in [0, 0.05) is 6.54 Å². The first-order valence-corrected chi connectivity index (χ1v) is 6.89. The third kappa shape index (κ3) is 4.66. The van der Waals surface area contributed by atoms with E-state index in [1.54, 1.807) is 24.3 Å². The zero-order valence-electron chi connectivity index (χ0n) is 12.3. The fourth-order valence-electron chi connectivity index (χ4n) is 1.59. The monoisotopic (exact) mass is 277 g/mol. The molecule has 5 heteroatoms. The smallest absolute Gasteiger partial charge is 0.253 e. The van der Waals surface area contributed by atoms with Gasteiger partial charge in [0.15, 0.2) is 0 Å². The van der Waals surface area contributed by atoms with E-state index >= 15 is 0 Å². The van der Waals surface area contributed by atoms with E-state index in [-0.39, 0.29) is 11.8 Å². The Morgan fingerprint density at radius 3 is 2.50 bits per heavy atom. The van der Waals surface area contributed by atoms with Crippen LogP contribution in [0.15, 0.2) is 24.3 Å². The number of anilines is 1. The van der Waals surface area contributed by atoms with Gasteiger partial charge in [-0.05, 0) is 24.5 Å². The maximum Gasteiger partial charge on any atom is 0.253 e. The van der Waals surface area contributed by atoms with Gasteiger partial charge in [0.25, 0.3) is 5.91 Å². The van der Waals surface area contributed by atoms with Crippen LogP contribution < -0.4 is 16.4 Å². The molecule has 0 aliphatic heterocycles. The van der Waals surface area contributed by atoms with Gasteiger partial charge in [-0.15, -0.1) is 0 Å². The molecule has 1 atom stereocenters. The molecule has 1 aromatic rings. The fourth-order valence-corrected chi connectivity index (χ4v) is 1.59. The molecular formula is C15H23N3O2. The van der Waals surface area contributed by atoms with Gasteiger partial charge in [-0.3, -0.25) is 9.59 Å². The molecule has 0 radical (unpaired) electrons. The van der Waals surface area contributed by atoms with Crippen LogP contribution in [0, 0.1) is 5.92 Å². The molecule has 0 heterocycles. The summed E-state index contributed by atoms with van der Waals surface area (Å²) in [6.45, 7) is 6.48. The number of carbonyl (C=O) groups is 2. The summed E-state index contributed by atoms with van der Waals surface area (Å²) in [5.41, 5.74) is 6.61. The molecule has 0 aromatic heterocycles. The van der Waals surface area contributed by atoms with Crippen LogP contribution in [-0.4, -0.2) is 24.4 Å². The molecule has 0 saturated heterocycles. The number of carbonyl (C=O) groups excluding carboxylic acids is 2. The first-order chi connectivity index (χ1) is 9.45. The van der Waals surface area contributed by atoms with Crippen LogP contribution in [0.25, 0.3) is 0 Å². The molecule has 0 saturated carbocycles. The van der Waals surface area contributed by atoms with Crippen molar-refractivity contribution in [1.82, 2.24) is 5.32 Å². The predicted octanol–water partition coefficient (Wildman–Crippen LogP) is 1.75. The van der Waals surface area contributed by atoms with E-state index < -0.39 is 6.04 Å². The quantitative estimate of drug-likeness (QED) is 0.740. The topological polar surface area (TPSA) is 84.2 Å². The van der Waals surface area contributed by atoms with Crippen molar-refractivity contribution in [2.45, 2.75) is 33.2 Å². The van der Waals surface area contributed by atoms with Gasteiger partial charge in [0.05, 0.1) is 17.3 Å². The average molecular weight is 277 g/mol. The van der Waals surface area contributed by atoms with Crippen LogP contribution in [0.5, 0.6) is 0 Å². The van der Waals surface area contributed by atoms with Crippen LogP contribution in [0.1, 0.15) is 37.6 Å². The molecule has 0 spiro atoms. The molecular weight excluding hydrogens is 254 g/mol. The molecule has 0 bridgehead atoms. The molecule has 0 aliphatic rings. The molecule has 4 N–H and O–H groups in total. The summed E-state index contributed by atoms with van der Waals surface area (Å²) >= 11 is 0. The lowest BCUT2D eigenvalue weighted by atomic mass is 10.1. The van der Waals surface area contributed by atoms with Crippen molar-refractivity contribution >= 4 is 17.5 Å². The van der Waals surface area contributed by atoms with Crippen molar-refractivity contribution in [3.8, 4) is 0 Å². The maximum atomic E-state index is 12.1. The third-order valence-electron chi connectivity index (χ3n) is 2.88. The lowest BCUT2D eigenvalue weighted by molar-refractivity contribution is -0.117. The predicted molar refractivity (Wildman–Crippen MR) is 80.5 cm³/mol. The van der Waals surface area contributed by atoms with Gasteiger partial charge in [-0.2, -0.15) is 0 Å². The van der Waals surface area contributed by atoms with Gasteiger partial charge in [0.2, 0.25) is 5.91 Å². The van der Waals surface area contributed by atoms with Gasteiger partial charge < -0.3 is 16.4 Å². The Hall–Kier alpha value is -1.88. The number of nitrogens with two attached hydrogens (primary N) is 1. The fraction of sp³-hybridized carbons (Fsp3) is 0.467. The second kappa shape index (κ2) is 7.65. The van der Waals surface area contributed by atoms with Gasteiger partial charge in [-0.1, -0.05) is 32.9 Å². The number of nitrogens with one attached hydrogen (secondary N) is 2. The zero-order chi connectivity index (χ0) is 15.1. The van der Waals surface area contributed by atoms with E-state index in [9.17, 15) is 9.59 Å². The lowest BCUT2D eigenvalue weighted by Crippen LogP contribution is -2.35. The standard InChI is InChI=1S/C15H23N3O2/c1-4-12(16)15(20)18-13-8-6-5-7-11(13)14(19)17-9-10(2)3/h5-8,10,12H,4,9,16H2,1-3H3,(H,17,19)(H,18,20)/t12-/m1/s1. The minimum absolute atomic E-state index is 0.195. The summed E-state index contributed by atoms with van der Waals surface area (Å²) in [7, 11) is 0. The van der Waals surface area contributed by atoms with Crippen molar-refractivity contribution in [1.29, 1.82) is 0 Å². The average Bonchev–Trinajstić information content (AvgIpc) is 2.44. The Bertz CT molecular complexity index is 472. The first-order valence-electron chi connectivity index (χ1n) is 6.89. The summed E-state index contributed by atoms with van der Waals surface area (Å²) in [5, 5.41) is 5.54. The van der Waals surface area contributed by atoms with E-state index in [1.807, 2.05) is 20.8 Å². The van der Waals surface area contributed by atoms with Gasteiger partial charge >= 0.3 is 0 Å². The molecule has 110 valence electrons. The zero-order valence-corrected chi connectivity index (χ0v) is 12.3. The highest BCUT2D eigenvalue weighted by atomic mass is 16.2. The number of hydrogen-bond donors (Lipinski definition) is 3. The highest BCUT2D eigenvalue weighted by molar-refractivity contribution is 6.04. The molecule has 5 nitrogen and oxygen atoms in total. The van der Waals surface area contributed by atoms with Crippen LogP contribution in [0.4, 0.5) is 5.69 Å². The highest BCUT2D eigenvalue weighted by Gasteiger charge is 2.16. The van der Waals surface area contributed by atoms with Gasteiger partial charge in [0.1, 0.15) is 0 Å². The first kappa shape index (κ1) is 16.2. The van der Waals surface area contributed by atoms with E-state index in [1.165, 1.54) is 0 Å². The summed E-state index contributed by atoms with van der Waals surface area (Å²) in [4.78, 5) is 23.9. The van der Waals surface area contributed by atoms with E-state index in [0.717, 1.165) is 0 Å². The highest BCUT2D eigenvalue weighted by Crippen LogP contribution is 2.15. The molecule has 1 aromatic carbocycles. The van der Waals surface area contributed by atoms with Crippen molar-refractivity contribution in [3.63, 3.8) is 0 Å². The van der Waals surface area contributed by atoms with Crippen molar-refractivity contribution in [2.75, 3.05) is 11.9 Å². The summed E-state index contributed by atoms with van der Waals surface area (Å²) in [5.74, 6) is -0.106. The number of hydrogen-bond acceptors (Lipinski definition) is 3. The van der Waals surface area contributed by atoms with Crippen molar-refractivity contribution in [3.05, 3.63) is 29.8 Å². The lowest BCUT2D eigenvalue weighted by Gasteiger charge is -2.14. The molecule has 0 aliphatic carbocycles. The van der Waals surface area contributed by atoms with E-state index in [4.69, 9.17) is 5.73 Å². The van der Waals surface area contributed by atoms with Crippen LogP contribution in [-0.2, 0) is 4.79 Å². The van der Waals surface area contributed by atoms with E-state index in [2.05, 4.69) is 10.6 Å². The van der Waals surface area contributed by atoms with Crippen LogP contribution >= 0.6 is 0 Å². The molecule has 2 amide bonds. The Balaban J connectivity index is 2.82. The SMILES string of the molecule is CC[C@@H](N)C(=O)Nc1ccccc1C(=O)NCC(C)C. The second-order valence-corrected chi connectivity index (χ2v) is 5.15. The number of para-hydroxylation sites is 1. The number of rotatable bonds is 6. The third-order valence-corrected chi connectivity index (χ3v) is 2.88.